The first-order valence-electron chi connectivity index (χ1n) is 3.35. The van der Waals surface area contributed by atoms with Gasteiger partial charge in [0.15, 0.2) is 0 Å². The Morgan fingerprint density at radius 3 is 3.10 bits per heavy atom. The average molecular weight is 139 g/mol. The maximum Gasteiger partial charge on any atom is 0.259 e. The SMILES string of the molecule is C1=CC(OC2NCCO2)=C1. The molecule has 1 aliphatic heterocycles. The Balaban J connectivity index is 1.78. The molecule has 1 N–H and O–H groups in total. The van der Waals surface area contributed by atoms with Crippen LogP contribution >= 0.6 is 0 Å². The number of ether oxygens (including phenoxy) is 2. The first-order valence-corrected chi connectivity index (χ1v) is 3.35. The molecule has 0 aromatic carbocycles. The first kappa shape index (κ1) is 5.95. The maximum absolute atomic E-state index is 5.29. The van der Waals surface area contributed by atoms with Gasteiger partial charge in [-0.15, -0.1) is 0 Å². The third-order valence-corrected chi connectivity index (χ3v) is 1.45. The van der Waals surface area contributed by atoms with Crippen LogP contribution in [0.1, 0.15) is 0 Å². The van der Waals surface area contributed by atoms with Gasteiger partial charge < -0.3 is 9.47 Å². The van der Waals surface area contributed by atoms with E-state index in [0.29, 0.717) is 0 Å². The van der Waals surface area contributed by atoms with E-state index in [9.17, 15) is 0 Å². The summed E-state index contributed by atoms with van der Waals surface area (Å²) in [5.74, 6) is 0.888. The van der Waals surface area contributed by atoms with Crippen LogP contribution in [0.2, 0.25) is 0 Å². The summed E-state index contributed by atoms with van der Waals surface area (Å²) in [5, 5.41) is 3.04. The second kappa shape index (κ2) is 2.44. The molecule has 1 saturated heterocycles. The first-order chi connectivity index (χ1) is 4.95. The number of hydrogen-bond donors (Lipinski definition) is 1. The summed E-state index contributed by atoms with van der Waals surface area (Å²) < 4.78 is 10.4. The van der Waals surface area contributed by atoms with Gasteiger partial charge in [0.2, 0.25) is 0 Å². The predicted octanol–water partition coefficient (Wildman–Crippen LogP) is 0.360. The highest BCUT2D eigenvalue weighted by molar-refractivity contribution is 5.30. The van der Waals surface area contributed by atoms with Crippen molar-refractivity contribution in [2.45, 2.75) is 6.41 Å². The fourth-order valence-corrected chi connectivity index (χ4v) is 0.854. The van der Waals surface area contributed by atoms with E-state index in [1.807, 2.05) is 18.2 Å². The third kappa shape index (κ3) is 1.05. The van der Waals surface area contributed by atoms with Gasteiger partial charge in [-0.25, -0.2) is 0 Å². The van der Waals surface area contributed by atoms with Crippen LogP contribution in [0, 0.1) is 0 Å². The minimum Gasteiger partial charge on any atom is -0.451 e. The van der Waals surface area contributed by atoms with E-state index in [1.165, 1.54) is 0 Å². The summed E-state index contributed by atoms with van der Waals surface area (Å²) >= 11 is 0. The fourth-order valence-electron chi connectivity index (χ4n) is 0.854. The molecule has 10 heavy (non-hydrogen) atoms. The standard InChI is InChI=1S/C7H9NO2/c1-2-6(3-1)10-7-8-4-5-9-7/h1-3,7-8H,4-5H2. The highest BCUT2D eigenvalue weighted by Gasteiger charge is 2.16. The van der Waals surface area contributed by atoms with Gasteiger partial charge in [0.1, 0.15) is 5.76 Å². The van der Waals surface area contributed by atoms with Gasteiger partial charge in [-0.2, -0.15) is 0 Å². The van der Waals surface area contributed by atoms with Crippen LogP contribution in [0.4, 0.5) is 0 Å². The average Bonchev–Trinajstić information content (AvgIpc) is 2.29. The van der Waals surface area contributed by atoms with Crippen molar-refractivity contribution in [1.29, 1.82) is 0 Å². The van der Waals surface area contributed by atoms with Gasteiger partial charge in [-0.3, -0.25) is 5.32 Å². The van der Waals surface area contributed by atoms with Crippen LogP contribution in [0.5, 0.6) is 0 Å². The molecule has 0 bridgehead atoms. The third-order valence-electron chi connectivity index (χ3n) is 1.45. The molecule has 0 amide bonds. The molecule has 0 aromatic heterocycles. The number of nitrogens with one attached hydrogen (secondary N) is 1. The zero-order valence-corrected chi connectivity index (χ0v) is 5.54. The smallest absolute Gasteiger partial charge is 0.259 e. The normalized spacial score (nSPS) is 29.6. The zero-order chi connectivity index (χ0) is 6.81. The largest absolute Gasteiger partial charge is 0.451 e. The van der Waals surface area contributed by atoms with Crippen LogP contribution in [0.15, 0.2) is 24.0 Å². The Morgan fingerprint density at radius 2 is 2.60 bits per heavy atom. The molecule has 2 aliphatic rings. The molecular weight excluding hydrogens is 130 g/mol. The molecular formula is C7H9NO2. The number of rotatable bonds is 2. The van der Waals surface area contributed by atoms with Crippen molar-refractivity contribution in [1.82, 2.24) is 5.32 Å². The topological polar surface area (TPSA) is 30.5 Å². The monoisotopic (exact) mass is 139 g/mol. The number of allylic oxidation sites excluding steroid dienone is 3. The molecule has 0 aromatic rings. The van der Waals surface area contributed by atoms with Crippen LogP contribution in [0.25, 0.3) is 0 Å². The minimum atomic E-state index is -0.226. The Bertz CT molecular complexity index is 180. The van der Waals surface area contributed by atoms with Crippen molar-refractivity contribution in [3.05, 3.63) is 24.0 Å². The lowest BCUT2D eigenvalue weighted by Crippen LogP contribution is -2.25. The zero-order valence-electron chi connectivity index (χ0n) is 5.54. The lowest BCUT2D eigenvalue weighted by molar-refractivity contribution is -0.0897. The van der Waals surface area contributed by atoms with Crippen LogP contribution in [0.3, 0.4) is 0 Å². The van der Waals surface area contributed by atoms with Crippen molar-refractivity contribution < 1.29 is 9.47 Å². The van der Waals surface area contributed by atoms with E-state index in [1.54, 1.807) is 0 Å². The molecule has 0 radical (unpaired) electrons. The Kier molecular flexibility index (Phi) is 1.45. The molecule has 0 saturated carbocycles. The number of hydrogen-bond acceptors (Lipinski definition) is 3. The lowest BCUT2D eigenvalue weighted by Gasteiger charge is -2.15. The summed E-state index contributed by atoms with van der Waals surface area (Å²) in [4.78, 5) is 0. The van der Waals surface area contributed by atoms with Gasteiger partial charge in [0.05, 0.1) is 6.61 Å². The molecule has 1 heterocycles. The Hall–Kier alpha value is -0.800. The summed E-state index contributed by atoms with van der Waals surface area (Å²) in [6, 6.07) is 0. The fraction of sp³-hybridized carbons (Fsp3) is 0.429. The second-order valence-corrected chi connectivity index (χ2v) is 2.20. The van der Waals surface area contributed by atoms with Gasteiger partial charge in [-0.05, 0) is 12.2 Å². The molecule has 2 rings (SSSR count). The van der Waals surface area contributed by atoms with Crippen LogP contribution < -0.4 is 5.32 Å². The highest BCUT2D eigenvalue weighted by atomic mass is 16.7. The molecule has 0 spiro atoms. The van der Waals surface area contributed by atoms with Crippen LogP contribution in [-0.4, -0.2) is 19.6 Å². The van der Waals surface area contributed by atoms with Gasteiger partial charge in [0, 0.05) is 6.54 Å². The molecule has 1 fully saturated rings. The quantitative estimate of drug-likeness (QED) is 0.599. The summed E-state index contributed by atoms with van der Waals surface area (Å²) in [6.07, 6.45) is 5.52. The van der Waals surface area contributed by atoms with E-state index < -0.39 is 0 Å². The Labute approximate surface area is 59.3 Å². The van der Waals surface area contributed by atoms with Crippen molar-refractivity contribution in [2.24, 2.45) is 0 Å². The lowest BCUT2D eigenvalue weighted by atomic mass is 10.3. The van der Waals surface area contributed by atoms with Gasteiger partial charge in [0.25, 0.3) is 6.41 Å². The maximum atomic E-state index is 5.29. The van der Waals surface area contributed by atoms with Crippen molar-refractivity contribution in [2.75, 3.05) is 13.2 Å². The summed E-state index contributed by atoms with van der Waals surface area (Å²) in [6.45, 7) is 1.61. The summed E-state index contributed by atoms with van der Waals surface area (Å²) in [7, 11) is 0. The molecule has 3 heteroatoms. The van der Waals surface area contributed by atoms with Crippen molar-refractivity contribution in [3.8, 4) is 0 Å². The molecule has 1 unspecified atom stereocenters. The molecule has 3 nitrogen and oxygen atoms in total. The second-order valence-electron chi connectivity index (χ2n) is 2.20. The van der Waals surface area contributed by atoms with E-state index in [-0.39, 0.29) is 6.41 Å². The molecule has 1 aliphatic carbocycles. The van der Waals surface area contributed by atoms with Crippen molar-refractivity contribution in [3.63, 3.8) is 0 Å². The van der Waals surface area contributed by atoms with Crippen molar-refractivity contribution >= 4 is 0 Å². The molecule has 54 valence electrons. The molecule has 1 atom stereocenters. The van der Waals surface area contributed by atoms with E-state index in [4.69, 9.17) is 9.47 Å². The van der Waals surface area contributed by atoms with Gasteiger partial charge >= 0.3 is 0 Å². The predicted molar refractivity (Wildman–Crippen MR) is 36.1 cm³/mol. The van der Waals surface area contributed by atoms with Gasteiger partial charge in [-0.1, -0.05) is 6.08 Å². The summed E-state index contributed by atoms with van der Waals surface area (Å²) in [5.41, 5.74) is 0. The highest BCUT2D eigenvalue weighted by Crippen LogP contribution is 2.12. The van der Waals surface area contributed by atoms with E-state index in [2.05, 4.69) is 5.32 Å². The Morgan fingerprint density at radius 1 is 1.70 bits per heavy atom. The van der Waals surface area contributed by atoms with E-state index >= 15 is 0 Å². The van der Waals surface area contributed by atoms with E-state index in [0.717, 1.165) is 18.9 Å². The van der Waals surface area contributed by atoms with Crippen LogP contribution in [-0.2, 0) is 9.47 Å². The minimum absolute atomic E-state index is 0.226.